The predicted molar refractivity (Wildman–Crippen MR) is 87.3 cm³/mol. The molecule has 0 saturated heterocycles. The maximum atomic E-state index is 5.53. The molecule has 0 aliphatic rings. The third kappa shape index (κ3) is 2.81. The zero-order valence-electron chi connectivity index (χ0n) is 12.7. The Balaban J connectivity index is 2.73. The van der Waals surface area contributed by atoms with E-state index in [9.17, 15) is 0 Å². The highest BCUT2D eigenvalue weighted by atomic mass is 79.9. The standard InChI is InChI=1S/C15H18BrN3O2/c1-8-13(18-9(2)19-15(8)17-3)10-6-7-11(20-4)12(16)14(10)21-5/h6-7H,1-5H3,(H,17,18,19). The summed E-state index contributed by atoms with van der Waals surface area (Å²) in [5, 5.41) is 3.09. The van der Waals surface area contributed by atoms with Crippen LogP contribution in [0.5, 0.6) is 11.5 Å². The van der Waals surface area contributed by atoms with Gasteiger partial charge in [-0.3, -0.25) is 0 Å². The molecule has 0 radical (unpaired) electrons. The van der Waals surface area contributed by atoms with E-state index >= 15 is 0 Å². The number of anilines is 1. The molecule has 1 aromatic carbocycles. The number of aryl methyl sites for hydroxylation is 1. The maximum Gasteiger partial charge on any atom is 0.146 e. The van der Waals surface area contributed by atoms with Crippen molar-refractivity contribution < 1.29 is 9.47 Å². The van der Waals surface area contributed by atoms with Crippen LogP contribution >= 0.6 is 15.9 Å². The highest BCUT2D eigenvalue weighted by molar-refractivity contribution is 9.10. The van der Waals surface area contributed by atoms with E-state index in [4.69, 9.17) is 9.47 Å². The van der Waals surface area contributed by atoms with Crippen LogP contribution in [0.25, 0.3) is 11.3 Å². The van der Waals surface area contributed by atoms with Gasteiger partial charge < -0.3 is 14.8 Å². The third-order valence-electron chi connectivity index (χ3n) is 3.24. The van der Waals surface area contributed by atoms with E-state index in [1.165, 1.54) is 0 Å². The number of benzene rings is 1. The number of methoxy groups -OCH3 is 2. The van der Waals surface area contributed by atoms with Crippen molar-refractivity contribution >= 4 is 21.7 Å². The fourth-order valence-electron chi connectivity index (χ4n) is 2.22. The van der Waals surface area contributed by atoms with Crippen LogP contribution in [0.4, 0.5) is 5.82 Å². The molecule has 112 valence electrons. The summed E-state index contributed by atoms with van der Waals surface area (Å²) in [6.07, 6.45) is 0. The summed E-state index contributed by atoms with van der Waals surface area (Å²) in [5.74, 6) is 2.92. The zero-order chi connectivity index (χ0) is 15.6. The lowest BCUT2D eigenvalue weighted by atomic mass is 10.1. The molecule has 0 aliphatic heterocycles. The summed E-state index contributed by atoms with van der Waals surface area (Å²) in [4.78, 5) is 8.95. The molecular weight excluding hydrogens is 334 g/mol. The lowest BCUT2D eigenvalue weighted by Crippen LogP contribution is -2.04. The normalized spacial score (nSPS) is 10.4. The van der Waals surface area contributed by atoms with Crippen molar-refractivity contribution in [3.63, 3.8) is 0 Å². The minimum atomic E-state index is 0.692. The maximum absolute atomic E-state index is 5.53. The molecule has 21 heavy (non-hydrogen) atoms. The van der Waals surface area contributed by atoms with E-state index in [-0.39, 0.29) is 0 Å². The predicted octanol–water partition coefficient (Wildman–Crippen LogP) is 3.58. The first-order valence-corrected chi connectivity index (χ1v) is 7.26. The van der Waals surface area contributed by atoms with Gasteiger partial charge in [0, 0.05) is 18.2 Å². The van der Waals surface area contributed by atoms with E-state index in [1.807, 2.05) is 33.0 Å². The van der Waals surface area contributed by atoms with Gasteiger partial charge in [-0.05, 0) is 41.9 Å². The van der Waals surface area contributed by atoms with Crippen LogP contribution < -0.4 is 14.8 Å². The van der Waals surface area contributed by atoms with Gasteiger partial charge in [-0.2, -0.15) is 0 Å². The monoisotopic (exact) mass is 351 g/mol. The summed E-state index contributed by atoms with van der Waals surface area (Å²) >= 11 is 3.52. The van der Waals surface area contributed by atoms with E-state index in [0.717, 1.165) is 27.1 Å². The molecule has 2 aromatic rings. The van der Waals surface area contributed by atoms with E-state index < -0.39 is 0 Å². The van der Waals surface area contributed by atoms with Crippen LogP contribution in [0.3, 0.4) is 0 Å². The van der Waals surface area contributed by atoms with Gasteiger partial charge >= 0.3 is 0 Å². The molecule has 0 unspecified atom stereocenters. The number of aromatic nitrogens is 2. The van der Waals surface area contributed by atoms with Gasteiger partial charge in [-0.15, -0.1) is 0 Å². The van der Waals surface area contributed by atoms with E-state index in [0.29, 0.717) is 17.3 Å². The van der Waals surface area contributed by atoms with E-state index in [1.54, 1.807) is 14.2 Å². The second-order valence-electron chi connectivity index (χ2n) is 4.51. The van der Waals surface area contributed by atoms with Crippen LogP contribution in [-0.2, 0) is 0 Å². The third-order valence-corrected chi connectivity index (χ3v) is 3.99. The summed E-state index contributed by atoms with van der Waals surface area (Å²) in [7, 11) is 5.10. The Bertz CT molecular complexity index is 674. The molecule has 0 aliphatic carbocycles. The number of rotatable bonds is 4. The summed E-state index contributed by atoms with van der Waals surface area (Å²) in [5.41, 5.74) is 2.70. The number of ether oxygens (including phenoxy) is 2. The van der Waals surface area contributed by atoms with Crippen molar-refractivity contribution in [2.24, 2.45) is 0 Å². The van der Waals surface area contributed by atoms with Crippen LogP contribution in [0.2, 0.25) is 0 Å². The Labute approximate surface area is 132 Å². The van der Waals surface area contributed by atoms with Crippen molar-refractivity contribution in [3.05, 3.63) is 28.0 Å². The van der Waals surface area contributed by atoms with Crippen molar-refractivity contribution in [1.29, 1.82) is 0 Å². The molecule has 1 heterocycles. The largest absolute Gasteiger partial charge is 0.495 e. The van der Waals surface area contributed by atoms with Crippen LogP contribution in [0.1, 0.15) is 11.4 Å². The van der Waals surface area contributed by atoms with Crippen molar-refractivity contribution in [2.75, 3.05) is 26.6 Å². The molecule has 0 bridgehead atoms. The first kappa shape index (κ1) is 15.6. The van der Waals surface area contributed by atoms with Gasteiger partial charge in [0.15, 0.2) is 0 Å². The van der Waals surface area contributed by atoms with Gasteiger partial charge in [0.25, 0.3) is 0 Å². The van der Waals surface area contributed by atoms with Crippen molar-refractivity contribution in [3.8, 4) is 22.8 Å². The first-order chi connectivity index (χ1) is 10.0. The molecule has 0 spiro atoms. The Hall–Kier alpha value is -1.82. The summed E-state index contributed by atoms with van der Waals surface area (Å²) < 4.78 is 11.6. The molecule has 0 amide bonds. The second kappa shape index (κ2) is 6.30. The second-order valence-corrected chi connectivity index (χ2v) is 5.30. The Kier molecular flexibility index (Phi) is 4.67. The van der Waals surface area contributed by atoms with Gasteiger partial charge in [0.2, 0.25) is 0 Å². The smallest absolute Gasteiger partial charge is 0.146 e. The molecule has 0 fully saturated rings. The summed E-state index contributed by atoms with van der Waals surface area (Å²) in [6.45, 7) is 3.85. The molecule has 1 aromatic heterocycles. The van der Waals surface area contributed by atoms with Gasteiger partial charge in [0.05, 0.1) is 19.9 Å². The minimum absolute atomic E-state index is 0.692. The average molecular weight is 352 g/mol. The van der Waals surface area contributed by atoms with Crippen LogP contribution in [0.15, 0.2) is 16.6 Å². The van der Waals surface area contributed by atoms with Gasteiger partial charge in [-0.1, -0.05) is 0 Å². The molecule has 1 N–H and O–H groups in total. The Morgan fingerprint density at radius 2 is 1.81 bits per heavy atom. The highest BCUT2D eigenvalue weighted by Crippen LogP contribution is 2.42. The topological polar surface area (TPSA) is 56.3 Å². The van der Waals surface area contributed by atoms with Crippen LogP contribution in [-0.4, -0.2) is 31.2 Å². The summed E-state index contributed by atoms with van der Waals surface area (Å²) in [6, 6.07) is 3.83. The van der Waals surface area contributed by atoms with E-state index in [2.05, 4.69) is 31.2 Å². The lowest BCUT2D eigenvalue weighted by Gasteiger charge is -2.16. The average Bonchev–Trinajstić information content (AvgIpc) is 2.48. The van der Waals surface area contributed by atoms with Gasteiger partial charge in [0.1, 0.15) is 27.6 Å². The molecule has 0 atom stereocenters. The lowest BCUT2D eigenvalue weighted by molar-refractivity contribution is 0.390. The fourth-order valence-corrected chi connectivity index (χ4v) is 2.89. The first-order valence-electron chi connectivity index (χ1n) is 6.47. The molecule has 2 rings (SSSR count). The number of hydrogen-bond acceptors (Lipinski definition) is 5. The number of halogens is 1. The number of nitrogens with one attached hydrogen (secondary N) is 1. The molecule has 5 nitrogen and oxygen atoms in total. The number of nitrogens with zero attached hydrogens (tertiary/aromatic N) is 2. The Morgan fingerprint density at radius 3 is 2.38 bits per heavy atom. The highest BCUT2D eigenvalue weighted by Gasteiger charge is 2.18. The molecule has 0 saturated carbocycles. The molecule has 6 heteroatoms. The molecular formula is C15H18BrN3O2. The van der Waals surface area contributed by atoms with Gasteiger partial charge in [-0.25, -0.2) is 9.97 Å². The minimum Gasteiger partial charge on any atom is -0.495 e. The fraction of sp³-hybridized carbons (Fsp3) is 0.333. The zero-order valence-corrected chi connectivity index (χ0v) is 14.3. The Morgan fingerprint density at radius 1 is 1.10 bits per heavy atom. The van der Waals surface area contributed by atoms with Crippen molar-refractivity contribution in [1.82, 2.24) is 9.97 Å². The van der Waals surface area contributed by atoms with Crippen LogP contribution in [0, 0.1) is 13.8 Å². The quantitative estimate of drug-likeness (QED) is 0.912. The SMILES string of the molecule is CNc1nc(C)nc(-c2ccc(OC)c(Br)c2OC)c1C. The number of hydrogen-bond donors (Lipinski definition) is 1. The van der Waals surface area contributed by atoms with Crippen molar-refractivity contribution in [2.45, 2.75) is 13.8 Å².